The van der Waals surface area contributed by atoms with E-state index in [-0.39, 0.29) is 0 Å². The van der Waals surface area contributed by atoms with Gasteiger partial charge in [-0.25, -0.2) is 0 Å². The lowest BCUT2D eigenvalue weighted by Crippen LogP contribution is -2.12. The van der Waals surface area contributed by atoms with Crippen molar-refractivity contribution in [3.05, 3.63) is 22.3 Å². The molecule has 1 aliphatic carbocycles. The number of aromatic amines is 1. The minimum absolute atomic E-state index is 0.489. The largest absolute Gasteiger partial charge is 0.299 e. The number of rotatable bonds is 5. The standard InChI is InChI=1S/C13H17N3S2/c1-2-5-13(6-7-13)9-16-11(14-15-12(16)17)10-4-3-8-18-10/h3-4,8H,2,5-7,9H2,1H3,(H,15,17). The molecule has 96 valence electrons. The molecule has 0 aliphatic heterocycles. The van der Waals surface area contributed by atoms with Crippen molar-refractivity contribution in [1.82, 2.24) is 14.8 Å². The van der Waals surface area contributed by atoms with E-state index in [0.29, 0.717) is 5.41 Å². The SMILES string of the molecule is CCCC1(Cn2c(-c3cccs3)n[nH]c2=S)CC1. The lowest BCUT2D eigenvalue weighted by Gasteiger charge is -2.15. The van der Waals surface area contributed by atoms with Crippen LogP contribution in [0, 0.1) is 10.2 Å². The van der Waals surface area contributed by atoms with Crippen LogP contribution in [0.4, 0.5) is 0 Å². The summed E-state index contributed by atoms with van der Waals surface area (Å²) in [5.41, 5.74) is 0.489. The zero-order valence-corrected chi connectivity index (χ0v) is 12.1. The molecule has 3 nitrogen and oxygen atoms in total. The first-order valence-electron chi connectivity index (χ1n) is 6.43. The first-order chi connectivity index (χ1) is 8.74. The molecule has 0 atom stereocenters. The Morgan fingerprint density at radius 1 is 1.56 bits per heavy atom. The van der Waals surface area contributed by atoms with E-state index in [2.05, 4.69) is 39.2 Å². The molecule has 3 rings (SSSR count). The van der Waals surface area contributed by atoms with E-state index in [1.165, 1.54) is 30.6 Å². The van der Waals surface area contributed by atoms with Gasteiger partial charge in [0.05, 0.1) is 4.88 Å². The summed E-state index contributed by atoms with van der Waals surface area (Å²) in [6, 6.07) is 4.16. The predicted molar refractivity (Wildman–Crippen MR) is 77.3 cm³/mol. The fraction of sp³-hybridized carbons (Fsp3) is 0.538. The summed E-state index contributed by atoms with van der Waals surface area (Å²) in [7, 11) is 0. The molecular weight excluding hydrogens is 262 g/mol. The van der Waals surface area contributed by atoms with E-state index < -0.39 is 0 Å². The number of nitrogens with one attached hydrogen (secondary N) is 1. The van der Waals surface area contributed by atoms with Crippen molar-refractivity contribution in [3.63, 3.8) is 0 Å². The molecule has 18 heavy (non-hydrogen) atoms. The molecule has 0 unspecified atom stereocenters. The molecule has 1 aliphatic rings. The number of nitrogens with zero attached hydrogens (tertiary/aromatic N) is 2. The van der Waals surface area contributed by atoms with Crippen LogP contribution < -0.4 is 0 Å². The summed E-state index contributed by atoms with van der Waals surface area (Å²) in [6.45, 7) is 3.28. The molecule has 0 spiro atoms. The summed E-state index contributed by atoms with van der Waals surface area (Å²) in [5.74, 6) is 0.998. The monoisotopic (exact) mass is 279 g/mol. The molecule has 0 saturated heterocycles. The maximum absolute atomic E-state index is 5.38. The molecule has 2 aromatic heterocycles. The summed E-state index contributed by atoms with van der Waals surface area (Å²) in [6.07, 6.45) is 5.21. The lowest BCUT2D eigenvalue weighted by atomic mass is 10.0. The average molecular weight is 279 g/mol. The highest BCUT2D eigenvalue weighted by molar-refractivity contribution is 7.71. The fourth-order valence-electron chi connectivity index (χ4n) is 2.59. The Hall–Kier alpha value is -0.940. The number of thiophene rings is 1. The minimum Gasteiger partial charge on any atom is -0.299 e. The molecule has 1 saturated carbocycles. The van der Waals surface area contributed by atoms with Crippen LogP contribution in [0.1, 0.15) is 32.6 Å². The number of aromatic nitrogens is 3. The van der Waals surface area contributed by atoms with Gasteiger partial charge in [0.1, 0.15) is 0 Å². The van der Waals surface area contributed by atoms with E-state index in [1.54, 1.807) is 11.3 Å². The molecule has 0 aromatic carbocycles. The van der Waals surface area contributed by atoms with Crippen LogP contribution in [0.15, 0.2) is 17.5 Å². The number of hydrogen-bond donors (Lipinski definition) is 1. The van der Waals surface area contributed by atoms with Crippen molar-refractivity contribution >= 4 is 23.6 Å². The van der Waals surface area contributed by atoms with Gasteiger partial charge in [0.25, 0.3) is 0 Å². The van der Waals surface area contributed by atoms with Crippen molar-refractivity contribution in [1.29, 1.82) is 0 Å². The highest BCUT2D eigenvalue weighted by Crippen LogP contribution is 2.51. The molecule has 2 aromatic rings. The van der Waals surface area contributed by atoms with E-state index in [9.17, 15) is 0 Å². The molecule has 0 bridgehead atoms. The van der Waals surface area contributed by atoms with E-state index >= 15 is 0 Å². The number of H-pyrrole nitrogens is 1. The summed E-state index contributed by atoms with van der Waals surface area (Å²) in [4.78, 5) is 1.19. The van der Waals surface area contributed by atoms with E-state index in [0.717, 1.165) is 17.1 Å². The average Bonchev–Trinajstić information content (AvgIpc) is 2.77. The Balaban J connectivity index is 1.92. The lowest BCUT2D eigenvalue weighted by molar-refractivity contribution is 0.387. The van der Waals surface area contributed by atoms with Crippen LogP contribution in [0.2, 0.25) is 0 Å². The second-order valence-corrected chi connectivity index (χ2v) is 6.50. The highest BCUT2D eigenvalue weighted by Gasteiger charge is 2.42. The smallest absolute Gasteiger partial charge is 0.195 e. The molecule has 2 heterocycles. The zero-order valence-electron chi connectivity index (χ0n) is 10.5. The predicted octanol–water partition coefficient (Wildman–Crippen LogP) is 4.25. The fourth-order valence-corrected chi connectivity index (χ4v) is 3.51. The summed E-state index contributed by atoms with van der Waals surface area (Å²) in [5, 5.41) is 9.41. The van der Waals surface area contributed by atoms with Gasteiger partial charge in [0.15, 0.2) is 10.6 Å². The molecule has 1 fully saturated rings. The third-order valence-corrected chi connectivity index (χ3v) is 4.91. The van der Waals surface area contributed by atoms with Crippen LogP contribution >= 0.6 is 23.6 Å². The van der Waals surface area contributed by atoms with Gasteiger partial charge in [-0.15, -0.1) is 11.3 Å². The Labute approximate surface area is 116 Å². The van der Waals surface area contributed by atoms with Crippen molar-refractivity contribution in [3.8, 4) is 10.7 Å². The van der Waals surface area contributed by atoms with Crippen LogP contribution in [-0.2, 0) is 6.54 Å². The molecule has 0 radical (unpaired) electrons. The van der Waals surface area contributed by atoms with E-state index in [1.807, 2.05) is 0 Å². The first-order valence-corrected chi connectivity index (χ1v) is 7.72. The Morgan fingerprint density at radius 3 is 3.00 bits per heavy atom. The van der Waals surface area contributed by atoms with Gasteiger partial charge < -0.3 is 0 Å². The number of hydrogen-bond acceptors (Lipinski definition) is 3. The topological polar surface area (TPSA) is 33.6 Å². The van der Waals surface area contributed by atoms with Crippen molar-refractivity contribution in [2.45, 2.75) is 39.2 Å². The van der Waals surface area contributed by atoms with Crippen LogP contribution in [-0.4, -0.2) is 14.8 Å². The van der Waals surface area contributed by atoms with Crippen LogP contribution in [0.5, 0.6) is 0 Å². The Bertz CT molecular complexity index is 576. The molecule has 1 N–H and O–H groups in total. The molecule has 5 heteroatoms. The van der Waals surface area contributed by atoms with E-state index in [4.69, 9.17) is 12.2 Å². The minimum atomic E-state index is 0.489. The molecule has 0 amide bonds. The van der Waals surface area contributed by atoms with Gasteiger partial charge in [0.2, 0.25) is 0 Å². The maximum Gasteiger partial charge on any atom is 0.195 e. The van der Waals surface area contributed by atoms with Crippen molar-refractivity contribution in [2.24, 2.45) is 5.41 Å². The van der Waals surface area contributed by atoms with Gasteiger partial charge in [0, 0.05) is 6.54 Å². The van der Waals surface area contributed by atoms with Gasteiger partial charge in [-0.3, -0.25) is 9.67 Å². The quantitative estimate of drug-likeness (QED) is 0.830. The normalized spacial score (nSPS) is 16.9. The van der Waals surface area contributed by atoms with Crippen LogP contribution in [0.25, 0.3) is 10.7 Å². The zero-order chi connectivity index (χ0) is 12.6. The summed E-state index contributed by atoms with van der Waals surface area (Å²) < 4.78 is 2.94. The third kappa shape index (κ3) is 2.17. The summed E-state index contributed by atoms with van der Waals surface area (Å²) >= 11 is 7.09. The van der Waals surface area contributed by atoms with Gasteiger partial charge in [-0.1, -0.05) is 19.4 Å². The molecular formula is C13H17N3S2. The van der Waals surface area contributed by atoms with Gasteiger partial charge >= 0.3 is 0 Å². The first kappa shape index (κ1) is 12.1. The van der Waals surface area contributed by atoms with Gasteiger partial charge in [-0.05, 0) is 48.3 Å². The second kappa shape index (κ2) is 4.63. The third-order valence-electron chi connectivity index (χ3n) is 3.73. The second-order valence-electron chi connectivity index (χ2n) is 5.17. The maximum atomic E-state index is 5.38. The van der Waals surface area contributed by atoms with Crippen LogP contribution in [0.3, 0.4) is 0 Å². The van der Waals surface area contributed by atoms with Gasteiger partial charge in [-0.2, -0.15) is 5.10 Å². The Morgan fingerprint density at radius 2 is 2.39 bits per heavy atom. The van der Waals surface area contributed by atoms with Crippen molar-refractivity contribution in [2.75, 3.05) is 0 Å². The Kier molecular flexibility index (Phi) is 3.11. The highest BCUT2D eigenvalue weighted by atomic mass is 32.1. The van der Waals surface area contributed by atoms with Crippen molar-refractivity contribution < 1.29 is 0 Å².